The topological polar surface area (TPSA) is 94.1 Å². The van der Waals surface area contributed by atoms with Crippen LogP contribution in [0.1, 0.15) is 288 Å². The second-order valence-electron chi connectivity index (χ2n) is 37.0. The summed E-state index contributed by atoms with van der Waals surface area (Å²) in [5.74, 6) is 1.91. The van der Waals surface area contributed by atoms with Crippen LogP contribution in [0.15, 0.2) is 173 Å². The van der Waals surface area contributed by atoms with Gasteiger partial charge in [-0.1, -0.05) is 332 Å². The standard InChI is InChI=1S/C12H18.C11H16O.C11H16.C10H14.C9H14O.C9H20O.2C9H18O.C9H18/c1-12(2,3)10-9-11-7-5-4-6-8-11;1-11(2,3)8-9-5-4-6-10(12)7-9;1-11(2,3)9-10-7-5-4-6-8-10;1-10(2,3)9-7-5-4-6-8-9;1-9(2,3)7-8-5-4-6-10-8;3*1-8(7-10)5-6-9(2,3)4;1-8(2)6-7-9(3,4)5/h4-8H,9-10H2,1-3H3;4-7,12H,8H2,1-3H3;4-8H,9H2,1-3H3;4-8H,1-3H3;4-6H,7H2,1-3H3;8,10H,5-7H2,1-4H3;2*5,10H,6-7H2,1-4H3;6H,7H2,1-5H3/b;;;;;;8-5+;8-5-;. The molecule has 5 nitrogen and oxygen atoms in total. The predicted octanol–water partition coefficient (Wildman–Crippen LogP) is 26.3. The highest BCUT2D eigenvalue weighted by Gasteiger charge is 2.16. The van der Waals surface area contributed by atoms with Crippen molar-refractivity contribution in [2.75, 3.05) is 19.8 Å². The van der Waals surface area contributed by atoms with E-state index in [9.17, 15) is 5.11 Å². The molecule has 1 unspecified atom stereocenters. The van der Waals surface area contributed by atoms with Gasteiger partial charge in [-0.15, -0.1) is 0 Å². The largest absolute Gasteiger partial charge is 0.508 e. The van der Waals surface area contributed by atoms with Crippen molar-refractivity contribution < 1.29 is 24.8 Å². The van der Waals surface area contributed by atoms with Gasteiger partial charge in [0.25, 0.3) is 0 Å². The lowest BCUT2D eigenvalue weighted by Crippen LogP contribution is -2.10. The quantitative estimate of drug-likeness (QED) is 0.0882. The van der Waals surface area contributed by atoms with Gasteiger partial charge in [-0.2, -0.15) is 0 Å². The fourth-order valence-corrected chi connectivity index (χ4v) is 7.90. The van der Waals surface area contributed by atoms with Crippen LogP contribution >= 0.6 is 0 Å². The van der Waals surface area contributed by atoms with Gasteiger partial charge < -0.3 is 24.8 Å². The molecule has 5 aromatic rings. The monoisotopic (exact) mass is 1300 g/mol. The van der Waals surface area contributed by atoms with Crippen molar-refractivity contribution >= 4 is 0 Å². The molecule has 0 spiro atoms. The van der Waals surface area contributed by atoms with E-state index < -0.39 is 0 Å². The van der Waals surface area contributed by atoms with E-state index in [4.69, 9.17) is 19.7 Å². The minimum absolute atomic E-state index is 0.191. The minimum atomic E-state index is 0.191. The molecular formula is C89H152O5. The number of hydrogen-bond acceptors (Lipinski definition) is 5. The summed E-state index contributed by atoms with van der Waals surface area (Å²) in [6.07, 6.45) is 19.5. The van der Waals surface area contributed by atoms with Gasteiger partial charge in [0.1, 0.15) is 11.5 Å². The number of benzene rings is 4. The molecule has 5 heteroatoms. The van der Waals surface area contributed by atoms with Crippen molar-refractivity contribution in [3.8, 4) is 5.75 Å². The number of aliphatic hydroxyl groups excluding tert-OH is 3. The maximum Gasteiger partial charge on any atom is 0.115 e. The van der Waals surface area contributed by atoms with E-state index in [0.717, 1.165) is 55.4 Å². The molecular weight excluding hydrogens is 1150 g/mol. The highest BCUT2D eigenvalue weighted by atomic mass is 16.3. The van der Waals surface area contributed by atoms with Crippen LogP contribution in [0.25, 0.3) is 0 Å². The number of aromatic hydroxyl groups is 1. The summed E-state index contributed by atoms with van der Waals surface area (Å²) in [6.45, 7) is 71.1. The van der Waals surface area contributed by atoms with Crippen LogP contribution in [0, 0.1) is 49.2 Å². The molecule has 1 atom stereocenters. The average molecular weight is 1300 g/mol. The zero-order chi connectivity index (χ0) is 73.9. The van der Waals surface area contributed by atoms with Crippen molar-refractivity contribution in [1.82, 2.24) is 0 Å². The molecule has 0 aliphatic heterocycles. The van der Waals surface area contributed by atoms with Gasteiger partial charge in [-0.05, 0) is 187 Å². The van der Waals surface area contributed by atoms with E-state index in [2.05, 4.69) is 317 Å². The van der Waals surface area contributed by atoms with Crippen molar-refractivity contribution in [2.45, 2.75) is 291 Å². The number of rotatable bonds is 13. The van der Waals surface area contributed by atoms with Crippen LogP contribution in [-0.4, -0.2) is 40.2 Å². The second-order valence-corrected chi connectivity index (χ2v) is 37.0. The summed E-state index contributed by atoms with van der Waals surface area (Å²) in [5, 5.41) is 35.3. The van der Waals surface area contributed by atoms with Crippen molar-refractivity contribution in [3.05, 3.63) is 197 Å². The molecule has 0 aliphatic rings. The Labute approximate surface area is 584 Å². The van der Waals surface area contributed by atoms with E-state index in [0.29, 0.717) is 61.6 Å². The Balaban J connectivity index is -0.000000485. The van der Waals surface area contributed by atoms with Crippen LogP contribution in [-0.2, 0) is 31.1 Å². The Morgan fingerprint density at radius 1 is 0.394 bits per heavy atom. The van der Waals surface area contributed by atoms with Gasteiger partial charge >= 0.3 is 0 Å². The minimum Gasteiger partial charge on any atom is -0.508 e. The third-order valence-electron chi connectivity index (χ3n) is 13.6. The molecule has 94 heavy (non-hydrogen) atoms. The van der Waals surface area contributed by atoms with E-state index in [1.54, 1.807) is 12.3 Å². The van der Waals surface area contributed by atoms with Crippen LogP contribution in [0.4, 0.5) is 0 Å². The Morgan fingerprint density at radius 3 is 1.06 bits per heavy atom. The Bertz CT molecular complexity index is 2600. The molecule has 4 aromatic carbocycles. The molecule has 538 valence electrons. The van der Waals surface area contributed by atoms with Crippen LogP contribution in [0.3, 0.4) is 0 Å². The van der Waals surface area contributed by atoms with Crippen molar-refractivity contribution in [3.63, 3.8) is 0 Å². The first-order valence-electron chi connectivity index (χ1n) is 35.3. The molecule has 1 heterocycles. The Hall–Kier alpha value is -4.94. The lowest BCUT2D eigenvalue weighted by Gasteiger charge is -2.19. The SMILES string of the molecule is C/C(=C/CC(C)(C)C)CO.C/C(=C\CC(C)(C)C)CO.CC(C)(C)CCc1ccccc1.CC(C)(C)Cc1cccc(O)c1.CC(C)(C)Cc1ccccc1.CC(C)(C)Cc1ccco1.CC(C)(C)c1ccccc1.CC(C)=CCC(C)(C)C.CC(CO)CCC(C)(C)C. The molecule has 0 radical (unpaired) electrons. The highest BCUT2D eigenvalue weighted by Crippen LogP contribution is 2.27. The van der Waals surface area contributed by atoms with Gasteiger partial charge in [0.15, 0.2) is 0 Å². The first-order chi connectivity index (χ1) is 42.6. The third-order valence-corrected chi connectivity index (χ3v) is 13.6. The summed E-state index contributed by atoms with van der Waals surface area (Å²) >= 11 is 0. The summed E-state index contributed by atoms with van der Waals surface area (Å²) in [5.41, 5.74) is 12.4. The van der Waals surface area contributed by atoms with Crippen LogP contribution in [0.2, 0.25) is 0 Å². The molecule has 0 amide bonds. The maximum atomic E-state index is 9.21. The molecule has 5 rings (SSSR count). The third kappa shape index (κ3) is 74.5. The van der Waals surface area contributed by atoms with E-state index in [1.165, 1.54) is 53.5 Å². The van der Waals surface area contributed by atoms with Crippen LogP contribution < -0.4 is 0 Å². The molecule has 0 aliphatic carbocycles. The van der Waals surface area contributed by atoms with E-state index >= 15 is 0 Å². The molecule has 0 saturated heterocycles. The number of aryl methyl sites for hydroxylation is 1. The van der Waals surface area contributed by atoms with Gasteiger partial charge in [-0.25, -0.2) is 0 Å². The normalized spacial score (nSPS) is 12.5. The number of hydrogen-bond donors (Lipinski definition) is 4. The molecule has 0 saturated carbocycles. The van der Waals surface area contributed by atoms with Crippen molar-refractivity contribution in [1.29, 1.82) is 0 Å². The highest BCUT2D eigenvalue weighted by molar-refractivity contribution is 5.28. The second kappa shape index (κ2) is 47.9. The van der Waals surface area contributed by atoms with Crippen LogP contribution in [0.5, 0.6) is 5.75 Å². The summed E-state index contributed by atoms with van der Waals surface area (Å²) < 4.78 is 5.21. The molecule has 1 aromatic heterocycles. The zero-order valence-corrected chi connectivity index (χ0v) is 67.4. The number of phenols is 1. The molecule has 4 N–H and O–H groups in total. The van der Waals surface area contributed by atoms with Gasteiger partial charge in [0.05, 0.1) is 19.5 Å². The Morgan fingerprint density at radius 2 is 0.766 bits per heavy atom. The summed E-state index contributed by atoms with van der Waals surface area (Å²) in [7, 11) is 0. The fraction of sp³-hybridized carbons (Fsp3) is 0.618. The number of allylic oxidation sites excluding steroid dienone is 4. The average Bonchev–Trinajstić information content (AvgIpc) is 1.12. The van der Waals surface area contributed by atoms with Crippen molar-refractivity contribution in [2.24, 2.45) is 49.2 Å². The number of phenolic OH excluding ortho intramolecular Hbond substituents is 1. The van der Waals surface area contributed by atoms with E-state index in [1.807, 2.05) is 44.2 Å². The zero-order valence-electron chi connectivity index (χ0n) is 67.4. The fourth-order valence-electron chi connectivity index (χ4n) is 7.90. The lowest BCUT2D eigenvalue weighted by molar-refractivity contribution is 0.212. The van der Waals surface area contributed by atoms with Gasteiger partial charge in [-0.3, -0.25) is 0 Å². The first-order valence-corrected chi connectivity index (χ1v) is 35.3. The molecule has 0 fully saturated rings. The smallest absolute Gasteiger partial charge is 0.115 e. The Kier molecular flexibility index (Phi) is 48.6. The van der Waals surface area contributed by atoms with Gasteiger partial charge in [0.2, 0.25) is 0 Å². The summed E-state index contributed by atoms with van der Waals surface area (Å²) in [4.78, 5) is 0. The lowest BCUT2D eigenvalue weighted by atomic mass is 9.87. The van der Waals surface area contributed by atoms with Gasteiger partial charge in [0, 0.05) is 13.0 Å². The first kappa shape index (κ1) is 95.5. The number of aliphatic hydroxyl groups is 3. The van der Waals surface area contributed by atoms with E-state index in [-0.39, 0.29) is 18.6 Å². The maximum absolute atomic E-state index is 9.21. The molecule has 0 bridgehead atoms. The predicted molar refractivity (Wildman–Crippen MR) is 420 cm³/mol. The summed E-state index contributed by atoms with van der Waals surface area (Å²) in [6, 6.07) is 43.3. The number of furan rings is 1.